The molecule has 172 valence electrons. The Morgan fingerprint density at radius 1 is 0.828 bits per heavy atom. The second-order valence-corrected chi connectivity index (χ2v) is 8.60. The number of unbranched alkanes of at least 4 members (excludes halogenated alkanes) is 11. The summed E-state index contributed by atoms with van der Waals surface area (Å²) in [5.41, 5.74) is 0. The molecule has 29 heavy (non-hydrogen) atoms. The molecule has 1 unspecified atom stereocenters. The SMILES string of the molecule is CCCCCCCCC=CCCCCCCC(OS(=O)(=O)O)C(=O)OCCCC. The van der Waals surface area contributed by atoms with Crippen LogP contribution in [0.15, 0.2) is 12.2 Å². The first-order valence-corrected chi connectivity index (χ1v) is 12.7. The fourth-order valence-electron chi connectivity index (χ4n) is 2.99. The lowest BCUT2D eigenvalue weighted by Gasteiger charge is -2.14. The normalized spacial score (nSPS) is 13.1. The van der Waals surface area contributed by atoms with Gasteiger partial charge in [0.25, 0.3) is 0 Å². The third kappa shape index (κ3) is 20.1. The van der Waals surface area contributed by atoms with Crippen LogP contribution in [-0.4, -0.2) is 31.7 Å². The van der Waals surface area contributed by atoms with E-state index in [0.29, 0.717) is 12.8 Å². The Balaban J connectivity index is 3.83. The molecule has 0 saturated carbocycles. The molecule has 0 aromatic carbocycles. The molecule has 1 atom stereocenters. The molecule has 0 amide bonds. The monoisotopic (exact) mass is 434 g/mol. The van der Waals surface area contributed by atoms with Crippen molar-refractivity contribution in [2.24, 2.45) is 0 Å². The van der Waals surface area contributed by atoms with E-state index in [4.69, 9.17) is 9.29 Å². The van der Waals surface area contributed by atoms with Crippen LogP contribution in [-0.2, 0) is 24.1 Å². The Bertz CT molecular complexity index is 515. The van der Waals surface area contributed by atoms with Gasteiger partial charge in [0.2, 0.25) is 0 Å². The molecule has 1 N–H and O–H groups in total. The molecule has 0 saturated heterocycles. The van der Waals surface area contributed by atoms with Gasteiger partial charge in [0, 0.05) is 0 Å². The molecule has 0 heterocycles. The van der Waals surface area contributed by atoms with Crippen molar-refractivity contribution >= 4 is 16.4 Å². The van der Waals surface area contributed by atoms with Gasteiger partial charge in [-0.05, 0) is 38.5 Å². The molecule has 0 aromatic heterocycles. The van der Waals surface area contributed by atoms with Gasteiger partial charge in [-0.1, -0.05) is 83.8 Å². The predicted octanol–water partition coefficient (Wildman–Crippen LogP) is 6.17. The van der Waals surface area contributed by atoms with E-state index < -0.39 is 22.5 Å². The van der Waals surface area contributed by atoms with E-state index in [0.717, 1.165) is 38.5 Å². The standard InChI is InChI=1S/C22H42O6S/c1-3-5-7-8-9-10-11-12-13-14-15-16-17-18-19-21(28-29(24,25)26)22(23)27-20-6-4-2/h12-13,21H,3-11,14-20H2,1-2H3,(H,24,25,26). The molecule has 0 aliphatic heterocycles. The van der Waals surface area contributed by atoms with Gasteiger partial charge in [-0.25, -0.2) is 8.98 Å². The number of allylic oxidation sites excluding steroid dienone is 2. The molecule has 6 nitrogen and oxygen atoms in total. The lowest BCUT2D eigenvalue weighted by Crippen LogP contribution is -2.29. The maximum Gasteiger partial charge on any atom is 0.398 e. The number of carbonyl (C=O) groups excluding carboxylic acids is 1. The van der Waals surface area contributed by atoms with E-state index in [1.54, 1.807) is 0 Å². The smallest absolute Gasteiger partial charge is 0.398 e. The minimum Gasteiger partial charge on any atom is -0.464 e. The van der Waals surface area contributed by atoms with E-state index in [1.165, 1.54) is 38.5 Å². The van der Waals surface area contributed by atoms with E-state index >= 15 is 0 Å². The van der Waals surface area contributed by atoms with Crippen molar-refractivity contribution in [2.75, 3.05) is 6.61 Å². The molecule has 0 spiro atoms. The topological polar surface area (TPSA) is 89.9 Å². The van der Waals surface area contributed by atoms with Gasteiger partial charge in [-0.2, -0.15) is 8.42 Å². The average molecular weight is 435 g/mol. The molecular formula is C22H42O6S. The van der Waals surface area contributed by atoms with E-state index in [9.17, 15) is 13.2 Å². The van der Waals surface area contributed by atoms with Crippen LogP contribution in [0.2, 0.25) is 0 Å². The highest BCUT2D eigenvalue weighted by Crippen LogP contribution is 2.14. The highest BCUT2D eigenvalue weighted by molar-refractivity contribution is 7.80. The van der Waals surface area contributed by atoms with Gasteiger partial charge in [0.05, 0.1) is 6.61 Å². The minimum absolute atomic E-state index is 0.221. The van der Waals surface area contributed by atoms with Gasteiger partial charge < -0.3 is 4.74 Å². The molecule has 7 heteroatoms. The molecule has 0 radical (unpaired) electrons. The lowest BCUT2D eigenvalue weighted by atomic mass is 10.1. The Kier molecular flexibility index (Phi) is 18.5. The van der Waals surface area contributed by atoms with Crippen LogP contribution in [0.5, 0.6) is 0 Å². The maximum atomic E-state index is 11.9. The summed E-state index contributed by atoms with van der Waals surface area (Å²) in [6, 6.07) is 0. The summed E-state index contributed by atoms with van der Waals surface area (Å²) in [6.07, 6.45) is 18.7. The highest BCUT2D eigenvalue weighted by atomic mass is 32.3. The first kappa shape index (κ1) is 28.1. The molecule has 0 rings (SSSR count). The second-order valence-electron chi connectivity index (χ2n) is 7.55. The number of hydrogen-bond acceptors (Lipinski definition) is 5. The molecule has 0 aliphatic rings. The van der Waals surface area contributed by atoms with Crippen LogP contribution >= 0.6 is 0 Å². The third-order valence-corrected chi connectivity index (χ3v) is 5.20. The molecule has 0 aliphatic carbocycles. The highest BCUT2D eigenvalue weighted by Gasteiger charge is 2.26. The number of carbonyl (C=O) groups is 1. The van der Waals surface area contributed by atoms with Crippen LogP contribution in [0.3, 0.4) is 0 Å². The molecule has 0 fully saturated rings. The van der Waals surface area contributed by atoms with Crippen LogP contribution < -0.4 is 0 Å². The zero-order chi connectivity index (χ0) is 21.8. The van der Waals surface area contributed by atoms with Crippen LogP contribution in [0.1, 0.15) is 110 Å². The molecular weight excluding hydrogens is 392 g/mol. The summed E-state index contributed by atoms with van der Waals surface area (Å²) in [5.74, 6) is -0.728. The fraction of sp³-hybridized carbons (Fsp3) is 0.864. The Morgan fingerprint density at radius 3 is 1.90 bits per heavy atom. The largest absolute Gasteiger partial charge is 0.464 e. The zero-order valence-electron chi connectivity index (χ0n) is 18.4. The van der Waals surface area contributed by atoms with Gasteiger partial charge in [0.1, 0.15) is 0 Å². The first-order valence-electron chi connectivity index (χ1n) is 11.4. The number of rotatable bonds is 20. The van der Waals surface area contributed by atoms with Crippen molar-refractivity contribution in [3.63, 3.8) is 0 Å². The van der Waals surface area contributed by atoms with E-state index in [2.05, 4.69) is 23.3 Å². The summed E-state index contributed by atoms with van der Waals surface area (Å²) < 4.78 is 40.2. The molecule has 0 aromatic rings. The second kappa shape index (κ2) is 19.1. The van der Waals surface area contributed by atoms with Crippen molar-refractivity contribution in [1.82, 2.24) is 0 Å². The van der Waals surface area contributed by atoms with E-state index in [-0.39, 0.29) is 13.0 Å². The summed E-state index contributed by atoms with van der Waals surface area (Å²) in [6.45, 7) is 4.42. The van der Waals surface area contributed by atoms with Gasteiger partial charge in [-0.3, -0.25) is 4.55 Å². The van der Waals surface area contributed by atoms with Crippen molar-refractivity contribution in [3.05, 3.63) is 12.2 Å². The predicted molar refractivity (Wildman–Crippen MR) is 117 cm³/mol. The Hall–Kier alpha value is -0.920. The Morgan fingerprint density at radius 2 is 1.34 bits per heavy atom. The summed E-state index contributed by atoms with van der Waals surface area (Å²) in [5, 5.41) is 0. The van der Waals surface area contributed by atoms with Crippen LogP contribution in [0.4, 0.5) is 0 Å². The van der Waals surface area contributed by atoms with Crippen molar-refractivity contribution in [1.29, 1.82) is 0 Å². The molecule has 0 bridgehead atoms. The van der Waals surface area contributed by atoms with Crippen molar-refractivity contribution < 1.29 is 26.7 Å². The first-order chi connectivity index (χ1) is 13.9. The average Bonchev–Trinajstić information content (AvgIpc) is 2.66. The van der Waals surface area contributed by atoms with Gasteiger partial charge in [-0.15, -0.1) is 0 Å². The van der Waals surface area contributed by atoms with E-state index in [1.807, 2.05) is 6.92 Å². The van der Waals surface area contributed by atoms with Gasteiger partial charge in [0.15, 0.2) is 6.10 Å². The number of ether oxygens (including phenoxy) is 1. The van der Waals surface area contributed by atoms with Crippen LogP contribution in [0, 0.1) is 0 Å². The quantitative estimate of drug-likeness (QED) is 0.107. The summed E-state index contributed by atoms with van der Waals surface area (Å²) in [4.78, 5) is 11.9. The number of hydrogen-bond donors (Lipinski definition) is 1. The van der Waals surface area contributed by atoms with Crippen molar-refractivity contribution in [2.45, 2.75) is 116 Å². The van der Waals surface area contributed by atoms with Crippen molar-refractivity contribution in [3.8, 4) is 0 Å². The fourth-order valence-corrected chi connectivity index (χ4v) is 3.45. The zero-order valence-corrected chi connectivity index (χ0v) is 19.3. The van der Waals surface area contributed by atoms with Crippen LogP contribution in [0.25, 0.3) is 0 Å². The Labute approximate surface area is 178 Å². The minimum atomic E-state index is -4.68. The maximum absolute atomic E-state index is 11.9. The lowest BCUT2D eigenvalue weighted by molar-refractivity contribution is -0.152. The third-order valence-electron chi connectivity index (χ3n) is 4.72. The summed E-state index contributed by atoms with van der Waals surface area (Å²) >= 11 is 0. The van der Waals surface area contributed by atoms with Gasteiger partial charge >= 0.3 is 16.4 Å². The summed E-state index contributed by atoms with van der Waals surface area (Å²) in [7, 11) is -4.68. The number of esters is 1.